The Hall–Kier alpha value is -8.50. The third-order valence-corrected chi connectivity index (χ3v) is 17.6. The lowest BCUT2D eigenvalue weighted by atomic mass is 10.0. The fourth-order valence-electron chi connectivity index (χ4n) is 11.7. The molecule has 15 rings (SSSR count). The van der Waals surface area contributed by atoms with Crippen molar-refractivity contribution in [2.75, 3.05) is 19.8 Å². The lowest BCUT2D eigenvalue weighted by molar-refractivity contribution is -0.0723. The Balaban J connectivity index is 0.683. The highest BCUT2D eigenvalue weighted by Crippen LogP contribution is 2.52. The lowest BCUT2D eigenvalue weighted by Gasteiger charge is -2.24. The second kappa shape index (κ2) is 21.8. The number of phosphoric acid groups is 1. The van der Waals surface area contributed by atoms with Gasteiger partial charge in [0.15, 0.2) is 35.6 Å². The number of aliphatic hydroxyl groups is 6. The van der Waals surface area contributed by atoms with Gasteiger partial charge in [0.25, 0.3) is 0 Å². The Kier molecular flexibility index (Phi) is 13.7. The number of ether oxygens (including phenoxy) is 3. The number of phosphoric ester groups is 1. The largest absolute Gasteiger partial charge is 0.475 e. The van der Waals surface area contributed by atoms with E-state index in [-0.39, 0.29) is 16.9 Å². The molecule has 0 radical (unpaired) electrons. The molecule has 3 saturated heterocycles. The van der Waals surface area contributed by atoms with E-state index in [1.54, 1.807) is 0 Å². The van der Waals surface area contributed by atoms with Crippen molar-refractivity contribution in [1.82, 2.24) is 58.6 Å². The summed E-state index contributed by atoms with van der Waals surface area (Å²) in [7, 11) is -4.98. The van der Waals surface area contributed by atoms with E-state index in [1.165, 1.54) is 51.7 Å². The first-order valence-corrected chi connectivity index (χ1v) is 29.0. The summed E-state index contributed by atoms with van der Waals surface area (Å²) in [6, 6.07) is 41.3. The fourth-order valence-corrected chi connectivity index (χ4v) is 12.9. The first kappa shape index (κ1) is 54.2. The maximum absolute atomic E-state index is 15.1. The van der Waals surface area contributed by atoms with Crippen molar-refractivity contribution in [2.45, 2.75) is 73.6 Å². The van der Waals surface area contributed by atoms with Gasteiger partial charge in [0.2, 0.25) is 0 Å². The molecule has 86 heavy (non-hydrogen) atoms. The van der Waals surface area contributed by atoms with Gasteiger partial charge in [0.1, 0.15) is 108 Å². The zero-order valence-electron chi connectivity index (χ0n) is 45.0. The molecule has 26 heteroatoms. The average molecular weight is 1180 g/mol. The maximum atomic E-state index is 15.1. The number of hydrogen-bond donors (Lipinski definition) is 6. The summed E-state index contributed by atoms with van der Waals surface area (Å²) in [4.78, 5) is 40.7. The minimum absolute atomic E-state index is 0.285. The van der Waals surface area contributed by atoms with Crippen LogP contribution in [0.15, 0.2) is 165 Å². The van der Waals surface area contributed by atoms with Gasteiger partial charge in [0.05, 0.1) is 38.8 Å². The zero-order chi connectivity index (χ0) is 58.4. The van der Waals surface area contributed by atoms with Crippen molar-refractivity contribution in [3.63, 3.8) is 0 Å². The number of imidazole rings is 3. The van der Waals surface area contributed by atoms with Gasteiger partial charge in [-0.15, -0.1) is 0 Å². The van der Waals surface area contributed by atoms with E-state index in [9.17, 15) is 30.6 Å². The molecular formula is C60H51N12O13P. The molecule has 0 unspecified atom stereocenters. The van der Waals surface area contributed by atoms with E-state index in [4.69, 9.17) is 27.8 Å². The molecule has 0 saturated carbocycles. The fraction of sp³-hybridized carbons (Fsp3) is 0.250. The summed E-state index contributed by atoms with van der Waals surface area (Å²) in [6.07, 6.45) is -9.46. The Morgan fingerprint density at radius 1 is 0.372 bits per heavy atom. The van der Waals surface area contributed by atoms with Gasteiger partial charge in [-0.25, -0.2) is 49.4 Å². The third-order valence-electron chi connectivity index (χ3n) is 16.2. The van der Waals surface area contributed by atoms with Crippen LogP contribution >= 0.6 is 7.82 Å². The monoisotopic (exact) mass is 1180 g/mol. The van der Waals surface area contributed by atoms with Gasteiger partial charge in [-0.3, -0.25) is 27.3 Å². The highest BCUT2D eigenvalue weighted by molar-refractivity contribution is 7.48. The van der Waals surface area contributed by atoms with E-state index in [1.807, 2.05) is 127 Å². The van der Waals surface area contributed by atoms with Crippen LogP contribution in [0.3, 0.4) is 0 Å². The predicted octanol–water partition coefficient (Wildman–Crippen LogP) is 5.98. The molecule has 9 heterocycles. The molecule has 12 aromatic rings. The van der Waals surface area contributed by atoms with Crippen molar-refractivity contribution < 1.29 is 63.0 Å². The van der Waals surface area contributed by atoms with Crippen LogP contribution in [0.4, 0.5) is 0 Å². The van der Waals surface area contributed by atoms with Crippen molar-refractivity contribution in [3.8, 4) is 33.8 Å². The summed E-state index contributed by atoms with van der Waals surface area (Å²) in [5.41, 5.74) is 5.90. The molecule has 3 fully saturated rings. The molecule has 0 aliphatic carbocycles. The Labute approximate surface area is 485 Å². The first-order chi connectivity index (χ1) is 41.9. The van der Waals surface area contributed by atoms with Gasteiger partial charge >= 0.3 is 7.82 Å². The van der Waals surface area contributed by atoms with Gasteiger partial charge in [-0.2, -0.15) is 0 Å². The molecule has 6 N–H and O–H groups in total. The van der Waals surface area contributed by atoms with E-state index in [0.717, 1.165) is 49.0 Å². The summed E-state index contributed by atoms with van der Waals surface area (Å²) in [5.74, 6) is 0. The van der Waals surface area contributed by atoms with Crippen molar-refractivity contribution in [3.05, 3.63) is 165 Å². The second-order valence-electron chi connectivity index (χ2n) is 21.3. The summed E-state index contributed by atoms with van der Waals surface area (Å²) < 4.78 is 55.9. The van der Waals surface area contributed by atoms with Crippen LogP contribution in [-0.4, -0.2) is 164 Å². The SMILES string of the molecule is O=P(OC[C@H]1O[C@@H](n2cnc3c(-c4ccc5ccccc5c4)ncnc32)[C@H](O)[C@@H]1O)(OC[C@H]1O[C@@H](n2cnc3c(-c4ccc5ccccc5c4)ncnc32)[C@H](O)[C@@H]1O)OC[C@H]1O[C@@H](n2cnc3c(-c4ccc5ccccc5c4)ncnc32)[C@H](O)[C@@H]1O. The highest BCUT2D eigenvalue weighted by Gasteiger charge is 2.50. The second-order valence-corrected chi connectivity index (χ2v) is 23.0. The molecule has 0 bridgehead atoms. The van der Waals surface area contributed by atoms with Crippen LogP contribution < -0.4 is 0 Å². The van der Waals surface area contributed by atoms with Crippen LogP contribution in [0.2, 0.25) is 0 Å². The number of nitrogens with zero attached hydrogens (tertiary/aromatic N) is 12. The molecule has 12 atom stereocenters. The predicted molar refractivity (Wildman–Crippen MR) is 308 cm³/mol. The summed E-state index contributed by atoms with van der Waals surface area (Å²) >= 11 is 0. The number of aliphatic hydroxyl groups excluding tert-OH is 6. The smallest absolute Gasteiger partial charge is 0.387 e. The molecule has 3 aliphatic heterocycles. The lowest BCUT2D eigenvalue weighted by Crippen LogP contribution is -2.35. The van der Waals surface area contributed by atoms with Crippen molar-refractivity contribution in [1.29, 1.82) is 0 Å². The molecule has 3 aliphatic rings. The Bertz CT molecular complexity index is 4150. The Morgan fingerprint density at radius 2 is 0.663 bits per heavy atom. The third kappa shape index (κ3) is 9.46. The van der Waals surface area contributed by atoms with Crippen LogP contribution in [0.5, 0.6) is 0 Å². The van der Waals surface area contributed by atoms with Gasteiger partial charge in [0, 0.05) is 16.7 Å². The summed E-state index contributed by atoms with van der Waals surface area (Å²) in [5, 5.41) is 75.2. The number of rotatable bonds is 15. The molecule has 6 aromatic carbocycles. The molecule has 0 spiro atoms. The van der Waals surface area contributed by atoms with Gasteiger partial charge in [-0.05, 0) is 50.5 Å². The van der Waals surface area contributed by atoms with Crippen molar-refractivity contribution >= 4 is 73.6 Å². The maximum Gasteiger partial charge on any atom is 0.475 e. The Morgan fingerprint density at radius 3 is 0.965 bits per heavy atom. The van der Waals surface area contributed by atoms with E-state index in [2.05, 4.69) is 44.9 Å². The van der Waals surface area contributed by atoms with Crippen LogP contribution in [-0.2, 0) is 32.3 Å². The zero-order valence-corrected chi connectivity index (χ0v) is 45.9. The minimum Gasteiger partial charge on any atom is -0.387 e. The number of benzene rings is 6. The van der Waals surface area contributed by atoms with E-state index in [0.29, 0.717) is 33.6 Å². The highest BCUT2D eigenvalue weighted by atomic mass is 31.2. The molecule has 0 amide bonds. The number of fused-ring (bicyclic) bond motifs is 6. The van der Waals surface area contributed by atoms with Crippen molar-refractivity contribution in [2.24, 2.45) is 0 Å². The molecule has 6 aromatic heterocycles. The first-order valence-electron chi connectivity index (χ1n) is 27.5. The van der Waals surface area contributed by atoms with E-state index >= 15 is 4.57 Å². The molecule has 25 nitrogen and oxygen atoms in total. The number of aromatic nitrogens is 12. The number of hydrogen-bond acceptors (Lipinski definition) is 22. The summed E-state index contributed by atoms with van der Waals surface area (Å²) in [6.45, 7) is -2.18. The van der Waals surface area contributed by atoms with Crippen LogP contribution in [0, 0.1) is 0 Å². The van der Waals surface area contributed by atoms with Crippen LogP contribution in [0.25, 0.3) is 99.6 Å². The van der Waals surface area contributed by atoms with Gasteiger partial charge in [-0.1, -0.05) is 109 Å². The molecular weight excluding hydrogens is 1130 g/mol. The van der Waals surface area contributed by atoms with Crippen LogP contribution in [0.1, 0.15) is 18.7 Å². The normalized spacial score (nSPS) is 25.3. The van der Waals surface area contributed by atoms with E-state index < -0.39 is 101 Å². The quantitative estimate of drug-likeness (QED) is 0.0643. The van der Waals surface area contributed by atoms with Gasteiger partial charge < -0.3 is 44.8 Å². The standard InChI is InChI=1S/C60H51N12O13P/c73-49-40(83-58(52(49)76)70-28-67-46-43(61-25-64-55(46)70)37-16-13-31-7-1-4-10-34(31)19-37)22-80-86(79,81-23-41-50(74)53(77)59(84-41)71-29-68-47-44(62-26-65-56(47)71)38-17-14-32-8-2-5-11-35(32)20-38)82-24-42-51(75)54(78)60(85-42)72-30-69-48-45(63-27-66-57(48)72)39-18-15-33-9-3-6-12-36(33)21-39/h1-21,25-30,40-42,49-54,58-60,73-78H,22-24H2/t40-,41-,42-,49-,50-,51-,52-,53-,54-,58-,59-,60-/m1/s1. The molecule has 434 valence electrons. The minimum atomic E-state index is -4.98. The average Bonchev–Trinajstić information content (AvgIpc) is 1.81. The topological polar surface area (TPSA) is 325 Å².